The number of nitrogens with zero attached hydrogens (tertiary/aromatic N) is 3. The second-order valence-corrected chi connectivity index (χ2v) is 5.44. The smallest absolute Gasteiger partial charge is 0.224 e. The van der Waals surface area contributed by atoms with Gasteiger partial charge in [-0.05, 0) is 33.2 Å². The van der Waals surface area contributed by atoms with Crippen molar-refractivity contribution in [2.45, 2.75) is 39.8 Å². The summed E-state index contributed by atoms with van der Waals surface area (Å²) in [6.07, 6.45) is 5.89. The van der Waals surface area contributed by atoms with Gasteiger partial charge in [-0.15, -0.1) is 0 Å². The van der Waals surface area contributed by atoms with Crippen LogP contribution >= 0.6 is 0 Å². The monoisotopic (exact) mass is 250 g/mol. The van der Waals surface area contributed by atoms with Crippen LogP contribution in [0.1, 0.15) is 32.3 Å². The highest BCUT2D eigenvalue weighted by Gasteiger charge is 2.36. The summed E-state index contributed by atoms with van der Waals surface area (Å²) in [5, 5.41) is 4.27. The molecular weight excluding hydrogens is 228 g/mol. The summed E-state index contributed by atoms with van der Waals surface area (Å²) in [6.45, 7) is 7.56. The number of aryl methyl sites for hydroxylation is 1. The first-order chi connectivity index (χ1) is 8.53. The molecule has 2 heterocycles. The number of piperidine rings is 1. The van der Waals surface area contributed by atoms with Gasteiger partial charge in [-0.25, -0.2) is 0 Å². The molecule has 0 spiro atoms. The maximum atomic E-state index is 11.5. The van der Waals surface area contributed by atoms with E-state index in [-0.39, 0.29) is 11.3 Å². The minimum absolute atomic E-state index is 0.184. The van der Waals surface area contributed by atoms with Gasteiger partial charge in [0.25, 0.3) is 0 Å². The van der Waals surface area contributed by atoms with Crippen LogP contribution in [-0.4, -0.2) is 33.7 Å². The molecule has 1 unspecified atom stereocenters. The molecule has 5 nitrogen and oxygen atoms in total. The Labute approximate surface area is 108 Å². The number of carbonyl (C=O) groups excluding carboxylic acids is 1. The van der Waals surface area contributed by atoms with Crippen LogP contribution in [0.5, 0.6) is 0 Å². The fourth-order valence-electron chi connectivity index (χ4n) is 2.60. The van der Waals surface area contributed by atoms with Crippen molar-refractivity contribution >= 4 is 5.91 Å². The topological polar surface area (TPSA) is 64.2 Å². The molecule has 1 aromatic rings. The fourth-order valence-corrected chi connectivity index (χ4v) is 2.60. The number of rotatable bonds is 4. The first-order valence-electron chi connectivity index (χ1n) is 6.57. The standard InChI is InChI=1S/C13H22N4O/c1-3-17-9-11(7-15-17)8-16-6-4-5-13(2,10-16)12(14)18/h7,9H,3-6,8,10H2,1-2H3,(H2,14,18). The maximum absolute atomic E-state index is 11.5. The second-order valence-electron chi connectivity index (χ2n) is 5.44. The van der Waals surface area contributed by atoms with Crippen LogP contribution in [0.2, 0.25) is 0 Å². The largest absolute Gasteiger partial charge is 0.369 e. The van der Waals surface area contributed by atoms with E-state index in [1.54, 1.807) is 0 Å². The number of nitrogens with two attached hydrogens (primary N) is 1. The van der Waals surface area contributed by atoms with Crippen molar-refractivity contribution in [2.75, 3.05) is 13.1 Å². The number of amides is 1. The first-order valence-corrected chi connectivity index (χ1v) is 6.57. The summed E-state index contributed by atoms with van der Waals surface area (Å²) in [5.74, 6) is -0.184. The van der Waals surface area contributed by atoms with Crippen LogP contribution in [0.15, 0.2) is 12.4 Å². The maximum Gasteiger partial charge on any atom is 0.224 e. The lowest BCUT2D eigenvalue weighted by Crippen LogP contribution is -2.48. The van der Waals surface area contributed by atoms with Crippen LogP contribution in [0.4, 0.5) is 0 Å². The zero-order valence-electron chi connectivity index (χ0n) is 11.2. The highest BCUT2D eigenvalue weighted by atomic mass is 16.1. The Bertz CT molecular complexity index is 428. The molecule has 0 bridgehead atoms. The Morgan fingerprint density at radius 3 is 3.00 bits per heavy atom. The average molecular weight is 250 g/mol. The minimum Gasteiger partial charge on any atom is -0.369 e. The van der Waals surface area contributed by atoms with Gasteiger partial charge in [0, 0.05) is 31.4 Å². The number of hydrogen-bond acceptors (Lipinski definition) is 3. The van der Waals surface area contributed by atoms with Crippen LogP contribution in [0.3, 0.4) is 0 Å². The van der Waals surface area contributed by atoms with E-state index in [9.17, 15) is 4.79 Å². The van der Waals surface area contributed by atoms with Crippen molar-refractivity contribution in [3.63, 3.8) is 0 Å². The molecule has 2 rings (SSSR count). The Hall–Kier alpha value is -1.36. The molecule has 1 amide bonds. The molecule has 2 N–H and O–H groups in total. The lowest BCUT2D eigenvalue weighted by atomic mass is 9.81. The lowest BCUT2D eigenvalue weighted by Gasteiger charge is -2.38. The van der Waals surface area contributed by atoms with Crippen LogP contribution < -0.4 is 5.73 Å². The molecule has 18 heavy (non-hydrogen) atoms. The summed E-state index contributed by atoms with van der Waals surface area (Å²) in [7, 11) is 0. The molecule has 0 saturated carbocycles. The zero-order chi connectivity index (χ0) is 13.2. The second kappa shape index (κ2) is 5.10. The summed E-state index contributed by atoms with van der Waals surface area (Å²) in [5.41, 5.74) is 6.32. The highest BCUT2D eigenvalue weighted by Crippen LogP contribution is 2.29. The fraction of sp³-hybridized carbons (Fsp3) is 0.692. The SMILES string of the molecule is CCn1cc(CN2CCCC(C)(C(N)=O)C2)cn1. The summed E-state index contributed by atoms with van der Waals surface area (Å²) in [6, 6.07) is 0. The summed E-state index contributed by atoms with van der Waals surface area (Å²) < 4.78 is 1.92. The van der Waals surface area contributed by atoms with E-state index in [0.29, 0.717) is 0 Å². The van der Waals surface area contributed by atoms with Crippen molar-refractivity contribution < 1.29 is 4.79 Å². The predicted molar refractivity (Wildman–Crippen MR) is 69.7 cm³/mol. The normalized spacial score (nSPS) is 25.2. The van der Waals surface area contributed by atoms with E-state index in [1.165, 1.54) is 5.56 Å². The van der Waals surface area contributed by atoms with Crippen molar-refractivity contribution in [1.29, 1.82) is 0 Å². The molecule has 1 atom stereocenters. The molecule has 1 aliphatic heterocycles. The average Bonchev–Trinajstić information content (AvgIpc) is 2.76. The van der Waals surface area contributed by atoms with E-state index in [0.717, 1.165) is 39.0 Å². The van der Waals surface area contributed by atoms with Gasteiger partial charge in [0.2, 0.25) is 5.91 Å². The van der Waals surface area contributed by atoms with Crippen molar-refractivity contribution in [3.8, 4) is 0 Å². The Kier molecular flexibility index (Phi) is 3.71. The van der Waals surface area contributed by atoms with Gasteiger partial charge in [-0.2, -0.15) is 5.10 Å². The van der Waals surface area contributed by atoms with Crippen molar-refractivity contribution in [2.24, 2.45) is 11.1 Å². The third-order valence-corrected chi connectivity index (χ3v) is 3.79. The van der Waals surface area contributed by atoms with E-state index in [2.05, 4.69) is 23.1 Å². The molecule has 0 aromatic carbocycles. The van der Waals surface area contributed by atoms with E-state index in [1.807, 2.05) is 17.8 Å². The minimum atomic E-state index is -0.376. The zero-order valence-corrected chi connectivity index (χ0v) is 11.2. The molecule has 1 fully saturated rings. The van der Waals surface area contributed by atoms with Crippen LogP contribution in [-0.2, 0) is 17.9 Å². The Morgan fingerprint density at radius 2 is 2.39 bits per heavy atom. The number of likely N-dealkylation sites (tertiary alicyclic amines) is 1. The van der Waals surface area contributed by atoms with Gasteiger partial charge in [-0.3, -0.25) is 14.4 Å². The predicted octanol–water partition coefficient (Wildman–Crippen LogP) is 0.990. The van der Waals surface area contributed by atoms with Crippen molar-refractivity contribution in [3.05, 3.63) is 18.0 Å². The lowest BCUT2D eigenvalue weighted by molar-refractivity contribution is -0.129. The first kappa shape index (κ1) is 13.1. The molecule has 1 aromatic heterocycles. The summed E-state index contributed by atoms with van der Waals surface area (Å²) >= 11 is 0. The summed E-state index contributed by atoms with van der Waals surface area (Å²) in [4.78, 5) is 13.8. The van der Waals surface area contributed by atoms with Crippen LogP contribution in [0, 0.1) is 5.41 Å². The van der Waals surface area contributed by atoms with Gasteiger partial charge in [0.1, 0.15) is 0 Å². The van der Waals surface area contributed by atoms with Crippen molar-refractivity contribution in [1.82, 2.24) is 14.7 Å². The van der Waals surface area contributed by atoms with Crippen LogP contribution in [0.25, 0.3) is 0 Å². The van der Waals surface area contributed by atoms with E-state index >= 15 is 0 Å². The molecule has 1 aliphatic rings. The number of aromatic nitrogens is 2. The highest BCUT2D eigenvalue weighted by molar-refractivity contribution is 5.80. The van der Waals surface area contributed by atoms with E-state index < -0.39 is 0 Å². The molecule has 100 valence electrons. The molecule has 0 radical (unpaired) electrons. The molecule has 1 saturated heterocycles. The van der Waals surface area contributed by atoms with Gasteiger partial charge in [-0.1, -0.05) is 0 Å². The number of carbonyl (C=O) groups is 1. The van der Waals surface area contributed by atoms with Gasteiger partial charge >= 0.3 is 0 Å². The third kappa shape index (κ3) is 2.72. The Balaban J connectivity index is 1.99. The number of primary amides is 1. The Morgan fingerprint density at radius 1 is 1.61 bits per heavy atom. The quantitative estimate of drug-likeness (QED) is 0.866. The number of hydrogen-bond donors (Lipinski definition) is 1. The molecule has 5 heteroatoms. The van der Waals surface area contributed by atoms with Gasteiger partial charge in [0.05, 0.1) is 11.6 Å². The molecule has 0 aliphatic carbocycles. The third-order valence-electron chi connectivity index (χ3n) is 3.79. The van der Waals surface area contributed by atoms with E-state index in [4.69, 9.17) is 5.73 Å². The van der Waals surface area contributed by atoms with Gasteiger partial charge < -0.3 is 5.73 Å². The van der Waals surface area contributed by atoms with Gasteiger partial charge in [0.15, 0.2) is 0 Å². The molecular formula is C13H22N4O.